The van der Waals surface area contributed by atoms with Gasteiger partial charge < -0.3 is 10.1 Å². The van der Waals surface area contributed by atoms with E-state index in [1.165, 1.54) is 16.3 Å². The summed E-state index contributed by atoms with van der Waals surface area (Å²) in [6.07, 6.45) is 1.59. The van der Waals surface area contributed by atoms with Crippen molar-refractivity contribution in [2.75, 3.05) is 17.7 Å². The molecule has 32 heavy (non-hydrogen) atoms. The normalized spacial score (nSPS) is 10.8. The van der Waals surface area contributed by atoms with E-state index in [0.717, 1.165) is 11.3 Å². The Morgan fingerprint density at radius 2 is 1.94 bits per heavy atom. The Balaban J connectivity index is 1.65. The summed E-state index contributed by atoms with van der Waals surface area (Å²) in [7, 11) is 0. The van der Waals surface area contributed by atoms with Crippen molar-refractivity contribution in [3.8, 4) is 11.4 Å². The van der Waals surface area contributed by atoms with Crippen molar-refractivity contribution in [2.24, 2.45) is 0 Å². The Bertz CT molecular complexity index is 1320. The van der Waals surface area contributed by atoms with Crippen LogP contribution in [0.15, 0.2) is 76.8 Å². The number of carbonyl (C=O) groups excluding carboxylic acids is 1. The number of benzene rings is 2. The number of thioether (sulfide) groups is 1. The van der Waals surface area contributed by atoms with E-state index >= 15 is 0 Å². The minimum absolute atomic E-state index is 0.0930. The first-order valence-electron chi connectivity index (χ1n) is 10.2. The van der Waals surface area contributed by atoms with Crippen molar-refractivity contribution < 1.29 is 9.53 Å². The summed E-state index contributed by atoms with van der Waals surface area (Å²) in [5.74, 6) is 0.621. The van der Waals surface area contributed by atoms with Crippen LogP contribution in [0.1, 0.15) is 12.5 Å². The number of carbonyl (C=O) groups is 1. The molecule has 7 nitrogen and oxygen atoms in total. The number of aryl methyl sites for hydroxylation is 1. The molecule has 1 N–H and O–H groups in total. The topological polar surface area (TPSA) is 86.1 Å². The molecule has 0 atom stereocenters. The lowest BCUT2D eigenvalue weighted by Gasteiger charge is -2.13. The van der Waals surface area contributed by atoms with E-state index in [2.05, 4.69) is 15.3 Å². The lowest BCUT2D eigenvalue weighted by molar-refractivity contribution is -0.113. The molecule has 0 aliphatic rings. The van der Waals surface area contributed by atoms with Gasteiger partial charge in [0.1, 0.15) is 5.75 Å². The maximum absolute atomic E-state index is 13.3. The first-order chi connectivity index (χ1) is 15.5. The smallest absolute Gasteiger partial charge is 0.268 e. The molecule has 2 heterocycles. The monoisotopic (exact) mass is 446 g/mol. The van der Waals surface area contributed by atoms with Crippen molar-refractivity contribution in [3.05, 3.63) is 82.8 Å². The van der Waals surface area contributed by atoms with Gasteiger partial charge in [-0.2, -0.15) is 0 Å². The fraction of sp³-hybridized carbons (Fsp3) is 0.167. The number of fused-ring (bicyclic) bond motifs is 1. The number of pyridine rings is 1. The molecule has 0 aliphatic heterocycles. The van der Waals surface area contributed by atoms with Crippen molar-refractivity contribution in [3.63, 3.8) is 0 Å². The quantitative estimate of drug-likeness (QED) is 0.338. The van der Waals surface area contributed by atoms with Crippen LogP contribution >= 0.6 is 11.8 Å². The van der Waals surface area contributed by atoms with Gasteiger partial charge in [0.05, 0.1) is 23.4 Å². The summed E-state index contributed by atoms with van der Waals surface area (Å²) in [5, 5.41) is 3.68. The number of hydrogen-bond donors (Lipinski definition) is 1. The van der Waals surface area contributed by atoms with Gasteiger partial charge >= 0.3 is 0 Å². The van der Waals surface area contributed by atoms with Crippen molar-refractivity contribution in [1.29, 1.82) is 0 Å². The molecule has 162 valence electrons. The van der Waals surface area contributed by atoms with Crippen LogP contribution < -0.4 is 15.6 Å². The second kappa shape index (κ2) is 9.65. The molecule has 1 amide bonds. The van der Waals surface area contributed by atoms with Crippen molar-refractivity contribution in [1.82, 2.24) is 14.5 Å². The average Bonchev–Trinajstić information content (AvgIpc) is 2.79. The van der Waals surface area contributed by atoms with Crippen LogP contribution in [-0.2, 0) is 4.79 Å². The summed E-state index contributed by atoms with van der Waals surface area (Å²) in [5.41, 5.74) is 2.53. The Morgan fingerprint density at radius 3 is 2.69 bits per heavy atom. The van der Waals surface area contributed by atoms with Gasteiger partial charge in [-0.1, -0.05) is 23.9 Å². The molecule has 0 bridgehead atoms. The van der Waals surface area contributed by atoms with Gasteiger partial charge in [0, 0.05) is 11.9 Å². The van der Waals surface area contributed by atoms with E-state index in [9.17, 15) is 9.59 Å². The van der Waals surface area contributed by atoms with Crippen LogP contribution in [-0.4, -0.2) is 32.8 Å². The fourth-order valence-corrected chi connectivity index (χ4v) is 4.03. The summed E-state index contributed by atoms with van der Waals surface area (Å²) >= 11 is 1.19. The van der Waals surface area contributed by atoms with E-state index < -0.39 is 0 Å². The number of nitrogens with one attached hydrogen (secondary N) is 1. The predicted molar refractivity (Wildman–Crippen MR) is 127 cm³/mol. The van der Waals surface area contributed by atoms with Crippen molar-refractivity contribution in [2.45, 2.75) is 19.0 Å². The van der Waals surface area contributed by atoms with E-state index in [-0.39, 0.29) is 17.2 Å². The molecule has 0 saturated heterocycles. The SMILES string of the molecule is CCOc1ccc(-n2c(SCC(=O)Nc3cccc(C)c3)nc3ncccc3c2=O)cc1. The molecule has 8 heteroatoms. The predicted octanol–water partition coefficient (Wildman–Crippen LogP) is 4.22. The van der Waals surface area contributed by atoms with Crippen LogP contribution in [0.3, 0.4) is 0 Å². The number of amides is 1. The van der Waals surface area contributed by atoms with E-state index in [0.29, 0.717) is 34.2 Å². The zero-order valence-electron chi connectivity index (χ0n) is 17.7. The Labute approximate surface area is 189 Å². The molecule has 0 unspecified atom stereocenters. The van der Waals surface area contributed by atoms with Gasteiger partial charge in [-0.3, -0.25) is 14.2 Å². The first kappa shape index (κ1) is 21.6. The Kier molecular flexibility index (Phi) is 6.51. The third-order valence-corrected chi connectivity index (χ3v) is 5.59. The summed E-state index contributed by atoms with van der Waals surface area (Å²) in [6.45, 7) is 4.43. The molecule has 0 saturated carbocycles. The minimum atomic E-state index is -0.242. The van der Waals surface area contributed by atoms with Gasteiger partial charge in [0.25, 0.3) is 5.56 Å². The summed E-state index contributed by atoms with van der Waals surface area (Å²) in [6, 6.07) is 18.2. The van der Waals surface area contributed by atoms with Gasteiger partial charge in [-0.05, 0) is 67.9 Å². The number of ether oxygens (including phenoxy) is 1. The van der Waals surface area contributed by atoms with E-state index in [1.54, 1.807) is 42.6 Å². The van der Waals surface area contributed by atoms with Gasteiger partial charge in [-0.25, -0.2) is 9.97 Å². The van der Waals surface area contributed by atoms with Gasteiger partial charge in [0.2, 0.25) is 5.91 Å². The van der Waals surface area contributed by atoms with Crippen molar-refractivity contribution >= 4 is 34.4 Å². The highest BCUT2D eigenvalue weighted by molar-refractivity contribution is 7.99. The van der Waals surface area contributed by atoms with Gasteiger partial charge in [-0.15, -0.1) is 0 Å². The Hall–Kier alpha value is -3.65. The number of anilines is 1. The van der Waals surface area contributed by atoms with Crippen LogP contribution in [0, 0.1) is 6.92 Å². The maximum atomic E-state index is 13.3. The first-order valence-corrected chi connectivity index (χ1v) is 11.1. The lowest BCUT2D eigenvalue weighted by atomic mass is 10.2. The lowest BCUT2D eigenvalue weighted by Crippen LogP contribution is -2.23. The van der Waals surface area contributed by atoms with Crippen LogP contribution in [0.2, 0.25) is 0 Å². The Morgan fingerprint density at radius 1 is 1.12 bits per heavy atom. The molecule has 0 spiro atoms. The highest BCUT2D eigenvalue weighted by atomic mass is 32.2. The second-order valence-corrected chi connectivity index (χ2v) is 7.99. The molecule has 2 aromatic carbocycles. The van der Waals surface area contributed by atoms with Crippen LogP contribution in [0.4, 0.5) is 5.69 Å². The maximum Gasteiger partial charge on any atom is 0.268 e. The number of hydrogen-bond acceptors (Lipinski definition) is 6. The van der Waals surface area contributed by atoms with E-state index in [1.807, 2.05) is 38.1 Å². The van der Waals surface area contributed by atoms with Gasteiger partial charge in [0.15, 0.2) is 10.8 Å². The number of nitrogens with zero attached hydrogens (tertiary/aromatic N) is 3. The highest BCUT2D eigenvalue weighted by Gasteiger charge is 2.15. The minimum Gasteiger partial charge on any atom is -0.494 e. The summed E-state index contributed by atoms with van der Waals surface area (Å²) < 4.78 is 7.00. The zero-order valence-corrected chi connectivity index (χ0v) is 18.6. The molecule has 4 rings (SSSR count). The molecule has 0 radical (unpaired) electrons. The molecular weight excluding hydrogens is 424 g/mol. The highest BCUT2D eigenvalue weighted by Crippen LogP contribution is 2.23. The second-order valence-electron chi connectivity index (χ2n) is 7.04. The molecule has 0 aliphatic carbocycles. The molecular formula is C24H22N4O3S. The third kappa shape index (κ3) is 4.81. The number of aromatic nitrogens is 3. The average molecular weight is 447 g/mol. The largest absolute Gasteiger partial charge is 0.494 e. The summed E-state index contributed by atoms with van der Waals surface area (Å²) in [4.78, 5) is 34.6. The number of rotatable bonds is 7. The molecule has 4 aromatic rings. The standard InChI is InChI=1S/C24H22N4O3S/c1-3-31-19-11-9-18(10-12-19)28-23(30)20-8-5-13-25-22(20)27-24(28)32-15-21(29)26-17-7-4-6-16(2)14-17/h4-14H,3,15H2,1-2H3,(H,26,29). The molecule has 0 fully saturated rings. The third-order valence-electron chi connectivity index (χ3n) is 4.65. The van der Waals surface area contributed by atoms with E-state index in [4.69, 9.17) is 4.74 Å². The zero-order chi connectivity index (χ0) is 22.5. The van der Waals surface area contributed by atoms with Crippen LogP contribution in [0.5, 0.6) is 5.75 Å². The fourth-order valence-electron chi connectivity index (χ4n) is 3.23. The van der Waals surface area contributed by atoms with Crippen LogP contribution in [0.25, 0.3) is 16.7 Å². The molecule has 2 aromatic heterocycles.